The maximum atomic E-state index is 4.55. The molecule has 2 rings (SSSR count). The molecule has 1 aromatic heterocycles. The van der Waals surface area contributed by atoms with E-state index >= 15 is 0 Å². The first kappa shape index (κ1) is 19.7. The van der Waals surface area contributed by atoms with Crippen LogP contribution in [0.2, 0.25) is 0 Å². The van der Waals surface area contributed by atoms with E-state index in [4.69, 9.17) is 0 Å². The molecule has 1 saturated carbocycles. The predicted molar refractivity (Wildman–Crippen MR) is 106 cm³/mol. The van der Waals surface area contributed by atoms with Crippen molar-refractivity contribution in [1.29, 1.82) is 0 Å². The van der Waals surface area contributed by atoms with Crippen LogP contribution in [0.1, 0.15) is 48.2 Å². The van der Waals surface area contributed by atoms with E-state index in [-0.39, 0.29) is 24.0 Å². The number of aliphatic imine (C=N–C) groups is 1. The summed E-state index contributed by atoms with van der Waals surface area (Å²) >= 11 is 1.76. The number of nitrogens with zero attached hydrogens (tertiary/aromatic N) is 2. The van der Waals surface area contributed by atoms with Gasteiger partial charge >= 0.3 is 0 Å². The van der Waals surface area contributed by atoms with Crippen LogP contribution in [-0.2, 0) is 6.54 Å². The number of halogens is 1. The topological polar surface area (TPSA) is 49.3 Å². The molecule has 1 aliphatic carbocycles. The molecule has 6 heteroatoms. The molecule has 0 bridgehead atoms. The lowest BCUT2D eigenvalue weighted by Gasteiger charge is -2.29. The minimum Gasteiger partial charge on any atom is -0.356 e. The van der Waals surface area contributed by atoms with Crippen LogP contribution < -0.4 is 10.6 Å². The molecule has 0 aliphatic heterocycles. The normalized spacial score (nSPS) is 22.1. The van der Waals surface area contributed by atoms with E-state index in [2.05, 4.69) is 41.4 Å². The Kier molecular flexibility index (Phi) is 8.67. The Balaban J connectivity index is 0.00000242. The summed E-state index contributed by atoms with van der Waals surface area (Å²) in [5, 5.41) is 7.97. The molecule has 0 spiro atoms. The second-order valence-electron chi connectivity index (χ2n) is 6.08. The molecule has 1 aliphatic rings. The van der Waals surface area contributed by atoms with Gasteiger partial charge in [-0.3, -0.25) is 4.99 Å². The van der Waals surface area contributed by atoms with E-state index < -0.39 is 0 Å². The fourth-order valence-corrected chi connectivity index (χ4v) is 3.79. The lowest BCUT2D eigenvalue weighted by atomic mass is 9.80. The number of aryl methyl sites for hydroxylation is 2. The number of guanidine groups is 1. The van der Waals surface area contributed by atoms with Crippen molar-refractivity contribution in [2.24, 2.45) is 16.8 Å². The molecule has 126 valence electrons. The highest BCUT2D eigenvalue weighted by molar-refractivity contribution is 14.0. The molecular formula is C16H29IN4S. The molecule has 0 amide bonds. The van der Waals surface area contributed by atoms with Gasteiger partial charge < -0.3 is 10.6 Å². The Hall–Kier alpha value is -0.370. The van der Waals surface area contributed by atoms with Crippen LogP contribution in [0.4, 0.5) is 0 Å². The van der Waals surface area contributed by atoms with Crippen LogP contribution in [-0.4, -0.2) is 24.5 Å². The summed E-state index contributed by atoms with van der Waals surface area (Å²) in [5.41, 5.74) is 1.13. The van der Waals surface area contributed by atoms with Gasteiger partial charge in [0.25, 0.3) is 0 Å². The fourth-order valence-electron chi connectivity index (χ4n) is 2.92. The average Bonchev–Trinajstić information content (AvgIpc) is 2.79. The van der Waals surface area contributed by atoms with Crippen LogP contribution in [0.5, 0.6) is 0 Å². The second-order valence-corrected chi connectivity index (χ2v) is 7.37. The first-order valence-electron chi connectivity index (χ1n) is 7.97. The predicted octanol–water partition coefficient (Wildman–Crippen LogP) is 3.87. The van der Waals surface area contributed by atoms with E-state index in [0.29, 0.717) is 0 Å². The van der Waals surface area contributed by atoms with Gasteiger partial charge in [0.15, 0.2) is 5.96 Å². The Bertz CT molecular complexity index is 467. The van der Waals surface area contributed by atoms with Crippen molar-refractivity contribution in [3.63, 3.8) is 0 Å². The van der Waals surface area contributed by atoms with E-state index in [1.807, 2.05) is 7.05 Å². The van der Waals surface area contributed by atoms with Crippen molar-refractivity contribution < 1.29 is 0 Å². The summed E-state index contributed by atoms with van der Waals surface area (Å²) in [6.07, 6.45) is 5.49. The van der Waals surface area contributed by atoms with Gasteiger partial charge in [0.05, 0.1) is 12.2 Å². The Morgan fingerprint density at radius 3 is 2.59 bits per heavy atom. The zero-order valence-electron chi connectivity index (χ0n) is 14.1. The number of aromatic nitrogens is 1. The molecule has 4 nitrogen and oxygen atoms in total. The van der Waals surface area contributed by atoms with Crippen LogP contribution in [0.3, 0.4) is 0 Å². The third-order valence-electron chi connectivity index (χ3n) is 4.52. The van der Waals surface area contributed by atoms with E-state index in [0.717, 1.165) is 41.6 Å². The summed E-state index contributed by atoms with van der Waals surface area (Å²) in [7, 11) is 1.83. The van der Waals surface area contributed by atoms with Gasteiger partial charge in [-0.25, -0.2) is 4.98 Å². The minimum atomic E-state index is 0. The van der Waals surface area contributed by atoms with Crippen LogP contribution in [0.15, 0.2) is 4.99 Å². The van der Waals surface area contributed by atoms with E-state index in [1.165, 1.54) is 30.6 Å². The quantitative estimate of drug-likeness (QED) is 0.428. The van der Waals surface area contributed by atoms with Crippen LogP contribution in [0, 0.1) is 25.7 Å². The number of hydrogen-bond acceptors (Lipinski definition) is 3. The second kappa shape index (κ2) is 9.70. The summed E-state index contributed by atoms with van der Waals surface area (Å²) in [6, 6.07) is 0. The first-order chi connectivity index (χ1) is 10.1. The standard InChI is InChI=1S/C16H28N4S.HI/c1-11-7-5-6-8-14(11)9-18-16(17-4)19-10-15-20-12(2)13(3)21-15;/h11,14H,5-10H2,1-4H3,(H2,17,18,19);1H. The molecule has 1 aromatic rings. The lowest BCUT2D eigenvalue weighted by molar-refractivity contribution is 0.256. The summed E-state index contributed by atoms with van der Waals surface area (Å²) in [4.78, 5) is 10.2. The summed E-state index contributed by atoms with van der Waals surface area (Å²) < 4.78 is 0. The molecule has 2 atom stereocenters. The highest BCUT2D eigenvalue weighted by atomic mass is 127. The number of rotatable bonds is 4. The maximum Gasteiger partial charge on any atom is 0.191 e. The van der Waals surface area contributed by atoms with Gasteiger partial charge in [-0.2, -0.15) is 0 Å². The first-order valence-corrected chi connectivity index (χ1v) is 8.79. The van der Waals surface area contributed by atoms with Crippen molar-refractivity contribution >= 4 is 41.3 Å². The maximum absolute atomic E-state index is 4.55. The highest BCUT2D eigenvalue weighted by Gasteiger charge is 2.21. The molecule has 2 unspecified atom stereocenters. The number of hydrogen-bond donors (Lipinski definition) is 2. The highest BCUT2D eigenvalue weighted by Crippen LogP contribution is 2.28. The fraction of sp³-hybridized carbons (Fsp3) is 0.750. The third-order valence-corrected chi connectivity index (χ3v) is 5.60. The average molecular weight is 436 g/mol. The molecule has 0 aromatic carbocycles. The summed E-state index contributed by atoms with van der Waals surface area (Å²) in [5.74, 6) is 2.49. The molecule has 0 saturated heterocycles. The monoisotopic (exact) mass is 436 g/mol. The lowest BCUT2D eigenvalue weighted by Crippen LogP contribution is -2.41. The van der Waals surface area contributed by atoms with E-state index in [9.17, 15) is 0 Å². The van der Waals surface area contributed by atoms with Gasteiger partial charge in [-0.1, -0.05) is 26.2 Å². The van der Waals surface area contributed by atoms with Gasteiger partial charge in [-0.05, 0) is 32.1 Å². The van der Waals surface area contributed by atoms with Crippen molar-refractivity contribution in [3.05, 3.63) is 15.6 Å². The van der Waals surface area contributed by atoms with Gasteiger partial charge in [0.2, 0.25) is 0 Å². The van der Waals surface area contributed by atoms with Crippen molar-refractivity contribution in [1.82, 2.24) is 15.6 Å². The van der Waals surface area contributed by atoms with Gasteiger partial charge in [-0.15, -0.1) is 35.3 Å². The molecule has 1 heterocycles. The molecule has 2 N–H and O–H groups in total. The Morgan fingerprint density at radius 2 is 2.00 bits per heavy atom. The largest absolute Gasteiger partial charge is 0.356 e. The molecular weight excluding hydrogens is 407 g/mol. The van der Waals surface area contributed by atoms with Crippen molar-refractivity contribution in [2.75, 3.05) is 13.6 Å². The molecule has 1 fully saturated rings. The van der Waals surface area contributed by atoms with Crippen molar-refractivity contribution in [3.8, 4) is 0 Å². The van der Waals surface area contributed by atoms with Crippen LogP contribution in [0.25, 0.3) is 0 Å². The third kappa shape index (κ3) is 5.68. The Labute approximate surface area is 155 Å². The van der Waals surface area contributed by atoms with Gasteiger partial charge in [0, 0.05) is 18.5 Å². The molecule has 0 radical (unpaired) electrons. The zero-order chi connectivity index (χ0) is 15.2. The zero-order valence-corrected chi connectivity index (χ0v) is 17.3. The van der Waals surface area contributed by atoms with Gasteiger partial charge in [0.1, 0.15) is 5.01 Å². The number of thiazole rings is 1. The molecule has 22 heavy (non-hydrogen) atoms. The number of nitrogens with one attached hydrogen (secondary N) is 2. The SMILES string of the molecule is CN=C(NCc1nc(C)c(C)s1)NCC1CCCCC1C.I. The van der Waals surface area contributed by atoms with E-state index in [1.54, 1.807) is 11.3 Å². The smallest absolute Gasteiger partial charge is 0.191 e. The Morgan fingerprint density at radius 1 is 1.27 bits per heavy atom. The summed E-state index contributed by atoms with van der Waals surface area (Å²) in [6.45, 7) is 8.33. The van der Waals surface area contributed by atoms with Crippen molar-refractivity contribution in [2.45, 2.75) is 53.0 Å². The van der Waals surface area contributed by atoms with Crippen LogP contribution >= 0.6 is 35.3 Å². The minimum absolute atomic E-state index is 0.